The van der Waals surface area contributed by atoms with Crippen LogP contribution in [0.2, 0.25) is 0 Å². The number of sulfone groups is 1. The van der Waals surface area contributed by atoms with Gasteiger partial charge in [0.2, 0.25) is 0 Å². The summed E-state index contributed by atoms with van der Waals surface area (Å²) in [5.74, 6) is 0. The van der Waals surface area contributed by atoms with Gasteiger partial charge in [0.1, 0.15) is 5.69 Å². The van der Waals surface area contributed by atoms with Gasteiger partial charge >= 0.3 is 0 Å². The SMILES string of the molecule is CS(=O)(=O)c1ccc(-c2c(-c3ccc(Br)cc3)c(C(F)F)nn2-c2ccc(Br)cc2)cc1. The average Bonchev–Trinajstić information content (AvgIpc) is 3.15. The fraction of sp³-hybridized carbons (Fsp3) is 0.0870. The third-order valence-electron chi connectivity index (χ3n) is 4.88. The van der Waals surface area contributed by atoms with Crippen LogP contribution < -0.4 is 0 Å². The second-order valence-corrected chi connectivity index (χ2v) is 10.9. The Morgan fingerprint density at radius 3 is 1.81 bits per heavy atom. The molecule has 0 atom stereocenters. The number of aromatic nitrogens is 2. The minimum atomic E-state index is -3.40. The van der Waals surface area contributed by atoms with Gasteiger partial charge in [-0.15, -0.1) is 0 Å². The van der Waals surface area contributed by atoms with Crippen molar-refractivity contribution in [3.8, 4) is 28.1 Å². The van der Waals surface area contributed by atoms with Crippen molar-refractivity contribution in [1.82, 2.24) is 9.78 Å². The number of nitrogens with zero attached hydrogens (tertiary/aromatic N) is 2. The fourth-order valence-corrected chi connectivity index (χ4v) is 4.54. The van der Waals surface area contributed by atoms with Crippen molar-refractivity contribution in [3.05, 3.63) is 87.4 Å². The molecule has 0 spiro atoms. The quantitative estimate of drug-likeness (QED) is 0.253. The number of halogens is 4. The van der Waals surface area contributed by atoms with Crippen LogP contribution in [-0.2, 0) is 9.84 Å². The van der Waals surface area contributed by atoms with E-state index in [0.29, 0.717) is 28.1 Å². The van der Waals surface area contributed by atoms with Crippen LogP contribution in [0.3, 0.4) is 0 Å². The number of rotatable bonds is 5. The van der Waals surface area contributed by atoms with Gasteiger partial charge in [-0.25, -0.2) is 21.9 Å². The number of alkyl halides is 2. The van der Waals surface area contributed by atoms with Gasteiger partial charge in [-0.3, -0.25) is 0 Å². The lowest BCUT2D eigenvalue weighted by Gasteiger charge is -2.12. The molecule has 0 bridgehead atoms. The summed E-state index contributed by atoms with van der Waals surface area (Å²) < 4.78 is 55.2. The summed E-state index contributed by atoms with van der Waals surface area (Å²) in [5.41, 5.74) is 2.14. The van der Waals surface area contributed by atoms with Crippen LogP contribution >= 0.6 is 31.9 Å². The molecule has 0 aliphatic carbocycles. The summed E-state index contributed by atoms with van der Waals surface area (Å²) in [6, 6.07) is 20.3. The smallest absolute Gasteiger partial charge is 0.232 e. The van der Waals surface area contributed by atoms with E-state index in [1.807, 2.05) is 0 Å². The lowest BCUT2D eigenvalue weighted by atomic mass is 9.98. The lowest BCUT2D eigenvalue weighted by molar-refractivity contribution is 0.146. The molecule has 4 rings (SSSR count). The molecule has 1 heterocycles. The van der Waals surface area contributed by atoms with E-state index in [1.165, 1.54) is 16.8 Å². The molecule has 0 amide bonds. The highest BCUT2D eigenvalue weighted by molar-refractivity contribution is 9.10. The van der Waals surface area contributed by atoms with Gasteiger partial charge in [0.05, 0.1) is 16.3 Å². The molecule has 0 radical (unpaired) electrons. The summed E-state index contributed by atoms with van der Waals surface area (Å²) in [7, 11) is -3.40. The molecule has 1 aromatic heterocycles. The monoisotopic (exact) mass is 580 g/mol. The van der Waals surface area contributed by atoms with Gasteiger partial charge in [0, 0.05) is 26.3 Å². The summed E-state index contributed by atoms with van der Waals surface area (Å²) in [4.78, 5) is 0.148. The van der Waals surface area contributed by atoms with E-state index < -0.39 is 16.3 Å². The maximum absolute atomic E-state index is 14.1. The number of hydrogen-bond acceptors (Lipinski definition) is 3. The van der Waals surface area contributed by atoms with E-state index in [1.54, 1.807) is 60.7 Å². The molecule has 32 heavy (non-hydrogen) atoms. The standard InChI is InChI=1S/C23H16Br2F2N2O2S/c1-32(30,31)19-12-4-15(5-13-19)22-20(14-2-6-16(24)7-3-14)21(23(26)27)28-29(22)18-10-8-17(25)9-11-18/h2-13,23H,1H3. The van der Waals surface area contributed by atoms with Crippen LogP contribution in [0.25, 0.3) is 28.1 Å². The summed E-state index contributed by atoms with van der Waals surface area (Å²) >= 11 is 6.76. The van der Waals surface area contributed by atoms with E-state index in [0.717, 1.165) is 15.2 Å². The van der Waals surface area contributed by atoms with Crippen LogP contribution in [0.4, 0.5) is 8.78 Å². The van der Waals surface area contributed by atoms with Gasteiger partial charge < -0.3 is 0 Å². The maximum atomic E-state index is 14.1. The first-order chi connectivity index (χ1) is 15.1. The summed E-state index contributed by atoms with van der Waals surface area (Å²) in [6.07, 6.45) is -1.68. The van der Waals surface area contributed by atoms with Crippen molar-refractivity contribution in [2.45, 2.75) is 11.3 Å². The Balaban J connectivity index is 2.04. The topological polar surface area (TPSA) is 52.0 Å². The predicted octanol–water partition coefficient (Wildman–Crippen LogP) is 7.07. The normalized spacial score (nSPS) is 11.8. The van der Waals surface area contributed by atoms with Gasteiger partial charge in [0.15, 0.2) is 9.84 Å². The molecule has 0 aliphatic heterocycles. The molecule has 0 unspecified atom stereocenters. The molecule has 0 fully saturated rings. The van der Waals surface area contributed by atoms with E-state index in [-0.39, 0.29) is 10.6 Å². The largest absolute Gasteiger partial charge is 0.282 e. The van der Waals surface area contributed by atoms with Crippen molar-refractivity contribution >= 4 is 41.7 Å². The fourth-order valence-electron chi connectivity index (χ4n) is 3.38. The summed E-state index contributed by atoms with van der Waals surface area (Å²) in [6.45, 7) is 0. The van der Waals surface area contributed by atoms with Crippen LogP contribution in [0.5, 0.6) is 0 Å². The third-order valence-corrected chi connectivity index (χ3v) is 7.06. The minimum absolute atomic E-state index is 0.148. The van der Waals surface area contributed by atoms with Gasteiger partial charge in [-0.2, -0.15) is 5.10 Å². The number of benzene rings is 3. The Kier molecular flexibility index (Phi) is 6.33. The highest BCUT2D eigenvalue weighted by atomic mass is 79.9. The Bertz CT molecular complexity index is 1370. The molecule has 164 valence electrons. The van der Waals surface area contributed by atoms with Crippen molar-refractivity contribution < 1.29 is 17.2 Å². The molecule has 0 aliphatic rings. The molecule has 0 saturated heterocycles. The molecule has 0 N–H and O–H groups in total. The molecule has 9 heteroatoms. The molecule has 4 aromatic rings. The minimum Gasteiger partial charge on any atom is -0.232 e. The number of hydrogen-bond donors (Lipinski definition) is 0. The lowest BCUT2D eigenvalue weighted by Crippen LogP contribution is -2.01. The zero-order valence-corrected chi connectivity index (χ0v) is 20.6. The molecule has 3 aromatic carbocycles. The molecule has 0 saturated carbocycles. The van der Waals surface area contributed by atoms with Crippen molar-refractivity contribution in [1.29, 1.82) is 0 Å². The van der Waals surface area contributed by atoms with Crippen LogP contribution in [0.15, 0.2) is 86.6 Å². The predicted molar refractivity (Wildman–Crippen MR) is 128 cm³/mol. The third kappa shape index (κ3) is 4.55. The second-order valence-electron chi connectivity index (χ2n) is 7.10. The van der Waals surface area contributed by atoms with Gasteiger partial charge in [0.25, 0.3) is 6.43 Å². The Morgan fingerprint density at radius 2 is 1.31 bits per heavy atom. The van der Waals surface area contributed by atoms with Crippen LogP contribution in [0, 0.1) is 0 Å². The van der Waals surface area contributed by atoms with E-state index in [2.05, 4.69) is 37.0 Å². The summed E-state index contributed by atoms with van der Waals surface area (Å²) in [5, 5.41) is 4.28. The van der Waals surface area contributed by atoms with Gasteiger partial charge in [-0.1, -0.05) is 56.1 Å². The van der Waals surface area contributed by atoms with E-state index in [4.69, 9.17) is 0 Å². The Morgan fingerprint density at radius 1 is 0.812 bits per heavy atom. The average molecular weight is 582 g/mol. The highest BCUT2D eigenvalue weighted by Crippen LogP contribution is 2.41. The molecular weight excluding hydrogens is 566 g/mol. The molecular formula is C23H16Br2F2N2O2S. The maximum Gasteiger partial charge on any atom is 0.282 e. The van der Waals surface area contributed by atoms with Crippen molar-refractivity contribution in [2.24, 2.45) is 0 Å². The first-order valence-corrected chi connectivity index (χ1v) is 12.9. The van der Waals surface area contributed by atoms with Crippen LogP contribution in [0.1, 0.15) is 12.1 Å². The van der Waals surface area contributed by atoms with Crippen LogP contribution in [-0.4, -0.2) is 24.5 Å². The first-order valence-electron chi connectivity index (χ1n) is 9.38. The van der Waals surface area contributed by atoms with Crippen molar-refractivity contribution in [3.63, 3.8) is 0 Å². The highest BCUT2D eigenvalue weighted by Gasteiger charge is 2.27. The molecule has 4 nitrogen and oxygen atoms in total. The zero-order valence-electron chi connectivity index (χ0n) is 16.6. The first kappa shape index (κ1) is 22.8. The van der Waals surface area contributed by atoms with Crippen molar-refractivity contribution in [2.75, 3.05) is 6.26 Å². The zero-order chi connectivity index (χ0) is 23.0. The second kappa shape index (κ2) is 8.88. The van der Waals surface area contributed by atoms with Gasteiger partial charge in [-0.05, 0) is 54.1 Å². The van der Waals surface area contributed by atoms with E-state index in [9.17, 15) is 17.2 Å². The Labute approximate surface area is 201 Å². The Hall–Kier alpha value is -2.36. The van der Waals surface area contributed by atoms with E-state index >= 15 is 0 Å².